The molecule has 1 aromatic rings. The zero-order valence-corrected chi connectivity index (χ0v) is 12.1. The summed E-state index contributed by atoms with van der Waals surface area (Å²) in [6.07, 6.45) is 1.94. The molecule has 0 unspecified atom stereocenters. The molecule has 19 heavy (non-hydrogen) atoms. The van der Waals surface area contributed by atoms with E-state index >= 15 is 0 Å². The molecule has 0 radical (unpaired) electrons. The SMILES string of the molecule is N#Cc1c(Br)cccc1N1CCCC2(C1)OCCO2. The molecule has 0 bridgehead atoms. The van der Waals surface area contributed by atoms with E-state index in [1.807, 2.05) is 18.2 Å². The summed E-state index contributed by atoms with van der Waals surface area (Å²) in [5, 5.41) is 9.32. The summed E-state index contributed by atoms with van der Waals surface area (Å²) in [5.74, 6) is -0.465. The molecule has 0 atom stereocenters. The van der Waals surface area contributed by atoms with E-state index < -0.39 is 5.79 Å². The molecule has 5 heteroatoms. The minimum absolute atomic E-state index is 0.465. The summed E-state index contributed by atoms with van der Waals surface area (Å²) in [7, 11) is 0. The highest BCUT2D eigenvalue weighted by molar-refractivity contribution is 9.10. The van der Waals surface area contributed by atoms with Gasteiger partial charge in [0.05, 0.1) is 31.0 Å². The number of rotatable bonds is 1. The Kier molecular flexibility index (Phi) is 3.48. The van der Waals surface area contributed by atoms with E-state index in [-0.39, 0.29) is 0 Å². The van der Waals surface area contributed by atoms with E-state index in [0.717, 1.165) is 29.5 Å². The number of halogens is 1. The topological polar surface area (TPSA) is 45.5 Å². The third-order valence-corrected chi connectivity index (χ3v) is 4.34. The first-order valence-electron chi connectivity index (χ1n) is 6.46. The summed E-state index contributed by atoms with van der Waals surface area (Å²) >= 11 is 3.44. The van der Waals surface area contributed by atoms with Crippen molar-refractivity contribution < 1.29 is 9.47 Å². The van der Waals surface area contributed by atoms with Crippen LogP contribution in [0.4, 0.5) is 5.69 Å². The fourth-order valence-corrected chi connectivity index (χ4v) is 3.26. The van der Waals surface area contributed by atoms with Gasteiger partial charge in [-0.15, -0.1) is 0 Å². The first-order valence-corrected chi connectivity index (χ1v) is 7.25. The fourth-order valence-electron chi connectivity index (χ4n) is 2.81. The predicted octanol–water partition coefficient (Wildman–Crippen LogP) is 2.66. The predicted molar refractivity (Wildman–Crippen MR) is 74.9 cm³/mol. The van der Waals surface area contributed by atoms with Crippen molar-refractivity contribution in [3.05, 3.63) is 28.2 Å². The zero-order chi connectivity index (χ0) is 13.3. The van der Waals surface area contributed by atoms with Gasteiger partial charge < -0.3 is 14.4 Å². The third-order valence-electron chi connectivity index (χ3n) is 3.68. The van der Waals surface area contributed by atoms with E-state index in [0.29, 0.717) is 25.3 Å². The first kappa shape index (κ1) is 12.9. The van der Waals surface area contributed by atoms with Crippen molar-refractivity contribution in [2.24, 2.45) is 0 Å². The van der Waals surface area contributed by atoms with E-state index in [2.05, 4.69) is 26.9 Å². The van der Waals surface area contributed by atoms with Crippen molar-refractivity contribution >= 4 is 21.6 Å². The van der Waals surface area contributed by atoms with Crippen LogP contribution in [0, 0.1) is 11.3 Å². The van der Waals surface area contributed by atoms with Gasteiger partial charge in [0.15, 0.2) is 5.79 Å². The van der Waals surface area contributed by atoms with Gasteiger partial charge in [-0.2, -0.15) is 5.26 Å². The standard InChI is InChI=1S/C14H15BrN2O2/c15-12-3-1-4-13(11(12)9-16)17-6-2-5-14(10-17)18-7-8-19-14/h1,3-4H,2,5-8,10H2. The van der Waals surface area contributed by atoms with Gasteiger partial charge in [0, 0.05) is 17.4 Å². The Morgan fingerprint density at radius 1 is 1.32 bits per heavy atom. The minimum Gasteiger partial charge on any atom is -0.365 e. The van der Waals surface area contributed by atoms with E-state index in [1.54, 1.807) is 0 Å². The molecule has 3 rings (SSSR count). The van der Waals surface area contributed by atoms with Gasteiger partial charge in [0.2, 0.25) is 0 Å². The average molecular weight is 323 g/mol. The van der Waals surface area contributed by atoms with Crippen molar-refractivity contribution in [3.8, 4) is 6.07 Å². The lowest BCUT2D eigenvalue weighted by molar-refractivity contribution is -0.161. The minimum atomic E-state index is -0.465. The molecule has 2 fully saturated rings. The van der Waals surface area contributed by atoms with Gasteiger partial charge in [-0.1, -0.05) is 6.07 Å². The van der Waals surface area contributed by atoms with E-state index in [9.17, 15) is 5.26 Å². The average Bonchev–Trinajstić information content (AvgIpc) is 2.86. The quantitative estimate of drug-likeness (QED) is 0.797. The second-order valence-corrected chi connectivity index (χ2v) is 5.73. The van der Waals surface area contributed by atoms with E-state index in [1.165, 1.54) is 0 Å². The molecule has 2 saturated heterocycles. The van der Waals surface area contributed by atoms with Crippen LogP contribution in [0.2, 0.25) is 0 Å². The summed E-state index contributed by atoms with van der Waals surface area (Å²) in [6, 6.07) is 8.10. The van der Waals surface area contributed by atoms with Crippen molar-refractivity contribution in [1.82, 2.24) is 0 Å². The van der Waals surface area contributed by atoms with Crippen LogP contribution >= 0.6 is 15.9 Å². The van der Waals surface area contributed by atoms with Crippen molar-refractivity contribution in [1.29, 1.82) is 5.26 Å². The van der Waals surface area contributed by atoms with Crippen molar-refractivity contribution in [2.45, 2.75) is 18.6 Å². The monoisotopic (exact) mass is 322 g/mol. The lowest BCUT2D eigenvalue weighted by atomic mass is 10.0. The van der Waals surface area contributed by atoms with Crippen molar-refractivity contribution in [3.63, 3.8) is 0 Å². The Morgan fingerprint density at radius 3 is 2.84 bits per heavy atom. The summed E-state index contributed by atoms with van der Waals surface area (Å²) < 4.78 is 12.4. The second-order valence-electron chi connectivity index (χ2n) is 4.88. The summed E-state index contributed by atoms with van der Waals surface area (Å²) in [5.41, 5.74) is 1.63. The number of nitrogens with zero attached hydrogens (tertiary/aromatic N) is 2. The Labute approximate surface area is 121 Å². The molecule has 100 valence electrons. The Bertz CT molecular complexity index is 521. The fraction of sp³-hybridized carbons (Fsp3) is 0.500. The maximum Gasteiger partial charge on any atom is 0.186 e. The molecule has 0 N–H and O–H groups in total. The lowest BCUT2D eigenvalue weighted by Gasteiger charge is -2.40. The first-order chi connectivity index (χ1) is 9.24. The number of benzene rings is 1. The number of ether oxygens (including phenoxy) is 2. The molecule has 4 nitrogen and oxygen atoms in total. The normalized spacial score (nSPS) is 21.6. The molecule has 0 aromatic heterocycles. The maximum absolute atomic E-state index is 9.32. The Morgan fingerprint density at radius 2 is 2.11 bits per heavy atom. The highest BCUT2D eigenvalue weighted by Crippen LogP contribution is 2.35. The molecule has 0 saturated carbocycles. The van der Waals surface area contributed by atoms with Gasteiger partial charge >= 0.3 is 0 Å². The largest absolute Gasteiger partial charge is 0.365 e. The van der Waals surface area contributed by atoms with Crippen LogP contribution in [0.15, 0.2) is 22.7 Å². The molecule has 2 aliphatic rings. The third kappa shape index (κ3) is 2.36. The number of hydrogen-bond donors (Lipinski definition) is 0. The van der Waals surface area contributed by atoms with Gasteiger partial charge in [-0.3, -0.25) is 0 Å². The van der Waals surface area contributed by atoms with E-state index in [4.69, 9.17) is 9.47 Å². The van der Waals surface area contributed by atoms with Crippen LogP contribution in [0.3, 0.4) is 0 Å². The molecule has 2 heterocycles. The number of piperidine rings is 1. The highest BCUT2D eigenvalue weighted by Gasteiger charge is 2.41. The van der Waals surface area contributed by atoms with Gasteiger partial charge in [-0.25, -0.2) is 0 Å². The molecule has 1 spiro atoms. The van der Waals surface area contributed by atoms with Crippen LogP contribution in [0.1, 0.15) is 18.4 Å². The summed E-state index contributed by atoms with van der Waals surface area (Å²) in [4.78, 5) is 2.19. The molecular weight excluding hydrogens is 308 g/mol. The maximum atomic E-state index is 9.32. The second kappa shape index (κ2) is 5.12. The van der Waals surface area contributed by atoms with Crippen LogP contribution in [0.5, 0.6) is 0 Å². The molecule has 1 aromatic carbocycles. The summed E-state index contributed by atoms with van der Waals surface area (Å²) in [6.45, 7) is 2.95. The van der Waals surface area contributed by atoms with Crippen LogP contribution < -0.4 is 4.90 Å². The molecular formula is C14H15BrN2O2. The molecule has 0 amide bonds. The van der Waals surface area contributed by atoms with Gasteiger partial charge in [0.25, 0.3) is 0 Å². The van der Waals surface area contributed by atoms with Crippen LogP contribution in [0.25, 0.3) is 0 Å². The number of hydrogen-bond acceptors (Lipinski definition) is 4. The van der Waals surface area contributed by atoms with Crippen LogP contribution in [-0.2, 0) is 9.47 Å². The Hall–Kier alpha value is -1.09. The molecule has 2 aliphatic heterocycles. The van der Waals surface area contributed by atoms with Gasteiger partial charge in [-0.05, 0) is 34.5 Å². The van der Waals surface area contributed by atoms with Crippen LogP contribution in [-0.4, -0.2) is 32.1 Å². The smallest absolute Gasteiger partial charge is 0.186 e. The van der Waals surface area contributed by atoms with Gasteiger partial charge in [0.1, 0.15) is 6.07 Å². The number of nitriles is 1. The highest BCUT2D eigenvalue weighted by atomic mass is 79.9. The lowest BCUT2D eigenvalue weighted by Crippen LogP contribution is -2.49. The Balaban J connectivity index is 1.90. The zero-order valence-electron chi connectivity index (χ0n) is 10.6. The number of anilines is 1. The molecule has 0 aliphatic carbocycles. The van der Waals surface area contributed by atoms with Crippen molar-refractivity contribution in [2.75, 3.05) is 31.2 Å².